The van der Waals surface area contributed by atoms with Crippen molar-refractivity contribution in [2.45, 2.75) is 44.6 Å². The van der Waals surface area contributed by atoms with Gasteiger partial charge in [0.25, 0.3) is 0 Å². The minimum absolute atomic E-state index is 0.0242. The maximum absolute atomic E-state index is 8.15. The molecule has 6 heteroatoms. The molecule has 2 heterocycles. The first-order valence-electron chi connectivity index (χ1n) is 4.63. The Morgan fingerprint density at radius 3 is 2.93 bits per heavy atom. The molecular weight excluding hydrogens is 186 g/mol. The molecule has 0 bridgehead atoms. The fraction of sp³-hybridized carbons (Fsp3) is 1.00. The molecule has 2 rings (SSSR count). The predicted octanol–water partition coefficient (Wildman–Crippen LogP) is 1.56. The van der Waals surface area contributed by atoms with E-state index in [1.165, 1.54) is 0 Å². The second kappa shape index (κ2) is 3.40. The SMILES string of the molecule is CC1(C)O[C@@H]2O[C@@H](CN=[N+]=[N-])C[C@@H]2O1. The maximum atomic E-state index is 8.15. The average Bonchev–Trinajstić information content (AvgIpc) is 2.53. The van der Waals surface area contributed by atoms with Gasteiger partial charge in [-0.1, -0.05) is 5.11 Å². The molecule has 0 radical (unpaired) electrons. The van der Waals surface area contributed by atoms with Crippen LogP contribution in [0.3, 0.4) is 0 Å². The zero-order valence-electron chi connectivity index (χ0n) is 8.21. The first kappa shape index (κ1) is 9.73. The van der Waals surface area contributed by atoms with Crippen molar-refractivity contribution in [2.75, 3.05) is 6.54 Å². The minimum Gasteiger partial charge on any atom is -0.346 e. The Balaban J connectivity index is 1.90. The van der Waals surface area contributed by atoms with E-state index >= 15 is 0 Å². The fourth-order valence-corrected chi connectivity index (χ4v) is 1.83. The molecule has 3 atom stereocenters. The zero-order chi connectivity index (χ0) is 10.2. The Hall–Kier alpha value is -0.810. The summed E-state index contributed by atoms with van der Waals surface area (Å²) in [6, 6.07) is 0. The molecule has 78 valence electrons. The summed E-state index contributed by atoms with van der Waals surface area (Å²) in [6.07, 6.45) is 0.331. The number of azide groups is 1. The number of rotatable bonds is 2. The van der Waals surface area contributed by atoms with E-state index in [2.05, 4.69) is 10.0 Å². The van der Waals surface area contributed by atoms with Crippen molar-refractivity contribution in [1.29, 1.82) is 0 Å². The van der Waals surface area contributed by atoms with Crippen molar-refractivity contribution in [3.05, 3.63) is 10.4 Å². The monoisotopic (exact) mass is 199 g/mol. The lowest BCUT2D eigenvalue weighted by Crippen LogP contribution is -2.25. The van der Waals surface area contributed by atoms with Crippen LogP contribution in [0.1, 0.15) is 20.3 Å². The molecule has 6 nitrogen and oxygen atoms in total. The van der Waals surface area contributed by atoms with E-state index in [-0.39, 0.29) is 18.5 Å². The van der Waals surface area contributed by atoms with Crippen LogP contribution in [0.25, 0.3) is 10.4 Å². The van der Waals surface area contributed by atoms with E-state index in [9.17, 15) is 0 Å². The van der Waals surface area contributed by atoms with Gasteiger partial charge in [0.1, 0.15) is 6.10 Å². The lowest BCUT2D eigenvalue weighted by atomic mass is 10.2. The Labute approximate surface area is 81.8 Å². The fourth-order valence-electron chi connectivity index (χ4n) is 1.83. The molecule has 0 aromatic heterocycles. The van der Waals surface area contributed by atoms with E-state index in [0.717, 1.165) is 6.42 Å². The lowest BCUT2D eigenvalue weighted by molar-refractivity contribution is -0.203. The van der Waals surface area contributed by atoms with Gasteiger partial charge in [0.15, 0.2) is 12.1 Å². The van der Waals surface area contributed by atoms with E-state index < -0.39 is 5.79 Å². The molecule has 2 aliphatic rings. The highest BCUT2D eigenvalue weighted by molar-refractivity contribution is 4.85. The number of hydrogen-bond donors (Lipinski definition) is 0. The van der Waals surface area contributed by atoms with Crippen molar-refractivity contribution >= 4 is 0 Å². The van der Waals surface area contributed by atoms with Gasteiger partial charge in [-0.15, -0.1) is 0 Å². The number of nitrogens with zero attached hydrogens (tertiary/aromatic N) is 3. The molecule has 0 aliphatic carbocycles. The van der Waals surface area contributed by atoms with Crippen LogP contribution in [0.4, 0.5) is 0 Å². The Morgan fingerprint density at radius 1 is 1.50 bits per heavy atom. The summed E-state index contributed by atoms with van der Waals surface area (Å²) in [6.45, 7) is 4.06. The largest absolute Gasteiger partial charge is 0.346 e. The van der Waals surface area contributed by atoms with Crippen LogP contribution in [0.5, 0.6) is 0 Å². The summed E-state index contributed by atoms with van der Waals surface area (Å²) in [7, 11) is 0. The Bertz CT molecular complexity index is 259. The van der Waals surface area contributed by atoms with Crippen LogP contribution in [0.15, 0.2) is 5.11 Å². The third kappa shape index (κ3) is 1.83. The molecule has 0 unspecified atom stereocenters. The second-order valence-electron chi connectivity index (χ2n) is 3.95. The van der Waals surface area contributed by atoms with Crippen LogP contribution < -0.4 is 0 Å². The Kier molecular flexibility index (Phi) is 2.36. The summed E-state index contributed by atoms with van der Waals surface area (Å²) in [4.78, 5) is 2.69. The molecule has 2 aliphatic heterocycles. The molecule has 0 N–H and O–H groups in total. The normalized spacial score (nSPS) is 39.1. The lowest BCUT2D eigenvalue weighted by Gasteiger charge is -2.19. The van der Waals surface area contributed by atoms with Crippen LogP contribution in [0, 0.1) is 0 Å². The number of fused-ring (bicyclic) bond motifs is 1. The van der Waals surface area contributed by atoms with E-state index in [1.54, 1.807) is 0 Å². The molecule has 0 spiro atoms. The molecule has 14 heavy (non-hydrogen) atoms. The highest BCUT2D eigenvalue weighted by atomic mass is 16.8. The molecule has 2 fully saturated rings. The van der Waals surface area contributed by atoms with Crippen LogP contribution in [-0.4, -0.2) is 30.8 Å². The summed E-state index contributed by atoms with van der Waals surface area (Å²) < 4.78 is 16.6. The van der Waals surface area contributed by atoms with Gasteiger partial charge in [-0.3, -0.25) is 0 Å². The standard InChI is InChI=1S/C8H13N3O3/c1-8(2)13-6-3-5(4-10-11-9)12-7(6)14-8/h5-7H,3-4H2,1-2H3/t5-,6+,7+/m1/s1. The van der Waals surface area contributed by atoms with Gasteiger partial charge >= 0.3 is 0 Å². The molecule has 0 amide bonds. The van der Waals surface area contributed by atoms with Gasteiger partial charge in [0.2, 0.25) is 0 Å². The first-order chi connectivity index (χ1) is 6.61. The van der Waals surface area contributed by atoms with Crippen LogP contribution in [0.2, 0.25) is 0 Å². The van der Waals surface area contributed by atoms with Gasteiger partial charge < -0.3 is 14.2 Å². The van der Waals surface area contributed by atoms with Crippen molar-refractivity contribution in [1.82, 2.24) is 0 Å². The topological polar surface area (TPSA) is 76.5 Å². The highest BCUT2D eigenvalue weighted by Gasteiger charge is 2.48. The number of hydrogen-bond acceptors (Lipinski definition) is 4. The van der Waals surface area contributed by atoms with Crippen molar-refractivity contribution in [3.8, 4) is 0 Å². The molecule has 0 aromatic rings. The summed E-state index contributed by atoms with van der Waals surface area (Å²) in [5, 5.41) is 3.46. The van der Waals surface area contributed by atoms with Gasteiger partial charge in [-0.05, 0) is 19.4 Å². The highest BCUT2D eigenvalue weighted by Crippen LogP contribution is 2.36. The van der Waals surface area contributed by atoms with Crippen LogP contribution in [-0.2, 0) is 14.2 Å². The Morgan fingerprint density at radius 2 is 2.29 bits per heavy atom. The van der Waals surface area contributed by atoms with Gasteiger partial charge in [0, 0.05) is 11.3 Å². The average molecular weight is 199 g/mol. The third-order valence-corrected chi connectivity index (χ3v) is 2.31. The van der Waals surface area contributed by atoms with E-state index in [4.69, 9.17) is 19.7 Å². The zero-order valence-corrected chi connectivity index (χ0v) is 8.21. The van der Waals surface area contributed by atoms with Crippen molar-refractivity contribution < 1.29 is 14.2 Å². The van der Waals surface area contributed by atoms with Crippen molar-refractivity contribution in [3.63, 3.8) is 0 Å². The van der Waals surface area contributed by atoms with Gasteiger partial charge in [-0.25, -0.2) is 0 Å². The second-order valence-corrected chi connectivity index (χ2v) is 3.95. The molecule has 0 aromatic carbocycles. The van der Waals surface area contributed by atoms with Gasteiger partial charge in [0.05, 0.1) is 12.6 Å². The maximum Gasteiger partial charge on any atom is 0.187 e. The minimum atomic E-state index is -0.557. The van der Waals surface area contributed by atoms with E-state index in [0.29, 0.717) is 6.54 Å². The van der Waals surface area contributed by atoms with Gasteiger partial charge in [-0.2, -0.15) is 0 Å². The summed E-state index contributed by atoms with van der Waals surface area (Å²) in [5.74, 6) is -0.557. The van der Waals surface area contributed by atoms with Crippen molar-refractivity contribution in [2.24, 2.45) is 5.11 Å². The van der Waals surface area contributed by atoms with E-state index in [1.807, 2.05) is 13.8 Å². The molecular formula is C8H13N3O3. The van der Waals surface area contributed by atoms with Crippen LogP contribution >= 0.6 is 0 Å². The molecule has 2 saturated heterocycles. The first-order valence-corrected chi connectivity index (χ1v) is 4.63. The smallest absolute Gasteiger partial charge is 0.187 e. The summed E-state index contributed by atoms with van der Waals surface area (Å²) >= 11 is 0. The predicted molar refractivity (Wildman–Crippen MR) is 47.3 cm³/mol. The quantitative estimate of drug-likeness (QED) is 0.384. The third-order valence-electron chi connectivity index (χ3n) is 2.31. The number of ether oxygens (including phenoxy) is 3. The molecule has 0 saturated carbocycles. The summed E-state index contributed by atoms with van der Waals surface area (Å²) in [5.41, 5.74) is 8.15.